The number of aromatic hydroxyl groups is 1. The molecule has 5 aliphatic rings. The summed E-state index contributed by atoms with van der Waals surface area (Å²) in [6.07, 6.45) is 14.9. The highest BCUT2D eigenvalue weighted by atomic mass is 16.5. The van der Waals surface area contributed by atoms with Gasteiger partial charge in [-0.15, -0.1) is 0 Å². The molecule has 0 spiro atoms. The quantitative estimate of drug-likeness (QED) is 0.260. The number of methoxy groups -OCH3 is 1. The van der Waals surface area contributed by atoms with E-state index in [1.807, 2.05) is 0 Å². The molecule has 0 heterocycles. The molecule has 0 radical (unpaired) electrons. The van der Waals surface area contributed by atoms with Crippen molar-refractivity contribution in [2.75, 3.05) is 7.11 Å². The van der Waals surface area contributed by atoms with Gasteiger partial charge in [-0.3, -0.25) is 4.79 Å². The predicted molar refractivity (Wildman–Crippen MR) is 178 cm³/mol. The smallest absolute Gasteiger partial charge is 0.187 e. The first kappa shape index (κ1) is 31.9. The molecule has 0 saturated heterocycles. The van der Waals surface area contributed by atoms with Crippen LogP contribution in [-0.4, -0.2) is 28.7 Å². The average molecular weight is 603 g/mol. The van der Waals surface area contributed by atoms with Crippen LogP contribution in [0.15, 0.2) is 36.4 Å². The van der Waals surface area contributed by atoms with Crippen molar-refractivity contribution in [1.29, 1.82) is 0 Å². The molecule has 0 aromatic heterocycles. The number of benzene rings is 1. The van der Waals surface area contributed by atoms with Gasteiger partial charge in [-0.2, -0.15) is 0 Å². The molecule has 1 aromatic rings. The number of rotatable bonds is 5. The minimum Gasteiger partial charge on any atom is -0.504 e. The molecule has 2 N–H and O–H groups in total. The Balaban J connectivity index is 1.28. The summed E-state index contributed by atoms with van der Waals surface area (Å²) in [5, 5.41) is 22.2. The Morgan fingerprint density at radius 2 is 1.64 bits per heavy atom. The van der Waals surface area contributed by atoms with E-state index in [1.165, 1.54) is 57.6 Å². The molecule has 4 heteroatoms. The van der Waals surface area contributed by atoms with Gasteiger partial charge in [-0.05, 0) is 146 Å². The maximum absolute atomic E-state index is 13.9. The third-order valence-corrected chi connectivity index (χ3v) is 15.8. The van der Waals surface area contributed by atoms with Gasteiger partial charge in [-0.25, -0.2) is 0 Å². The van der Waals surface area contributed by atoms with Gasteiger partial charge in [0.25, 0.3) is 0 Å². The lowest BCUT2D eigenvalue weighted by Crippen LogP contribution is -2.69. The summed E-state index contributed by atoms with van der Waals surface area (Å²) in [5.41, 5.74) is 1.33. The molecule has 0 unspecified atom stereocenters. The zero-order valence-electron chi connectivity index (χ0n) is 28.8. The molecule has 5 saturated carbocycles. The van der Waals surface area contributed by atoms with E-state index in [1.54, 1.807) is 30.4 Å². The Morgan fingerprint density at radius 1 is 0.909 bits per heavy atom. The lowest BCUT2D eigenvalue weighted by Gasteiger charge is -2.73. The molecule has 10 atom stereocenters. The lowest BCUT2D eigenvalue weighted by atomic mass is 9.31. The molecular formula is C40H58O4. The van der Waals surface area contributed by atoms with Gasteiger partial charge in [0, 0.05) is 5.41 Å². The Bertz CT molecular complexity index is 1380. The fraction of sp³-hybridized carbons (Fsp3) is 0.725. The minimum absolute atomic E-state index is 0.0654. The number of carbonyl (C=O) groups excluding carboxylic acids is 1. The third kappa shape index (κ3) is 4.14. The van der Waals surface area contributed by atoms with Crippen LogP contribution < -0.4 is 4.74 Å². The standard InChI is InChI=1S/C40H58O4/c1-25(2)27-16-18-36(5)20-22-38(7)28(34(27)36)12-14-32-37(6)21-23-40(43,35(3,4)31(37)17-19-39(32,38)8)33(42)15-11-26-10-13-29(41)30(24-26)44-9/h10-11,13,15,24,27-28,31-32,34,41,43H,1,12,14,16-23H2,2-9H3/t27-,28+,31-,32+,34+,36+,37-,38+,39+,40-/m0/s1. The normalized spacial score (nSPS) is 46.0. The van der Waals surface area contributed by atoms with Crippen LogP contribution in [0.1, 0.15) is 118 Å². The van der Waals surface area contributed by atoms with Crippen LogP contribution in [0.25, 0.3) is 6.08 Å². The number of allylic oxidation sites excluding steroid dienone is 1. The zero-order valence-corrected chi connectivity index (χ0v) is 28.8. The van der Waals surface area contributed by atoms with Crippen LogP contribution in [0, 0.1) is 56.7 Å². The number of fused-ring (bicyclic) bond motifs is 7. The second kappa shape index (κ2) is 10.2. The van der Waals surface area contributed by atoms with Gasteiger partial charge >= 0.3 is 0 Å². The van der Waals surface area contributed by atoms with Crippen LogP contribution in [0.2, 0.25) is 0 Å². The van der Waals surface area contributed by atoms with Crippen molar-refractivity contribution in [3.05, 3.63) is 42.0 Å². The molecule has 5 fully saturated rings. The van der Waals surface area contributed by atoms with E-state index in [0.29, 0.717) is 34.8 Å². The Morgan fingerprint density at radius 3 is 2.32 bits per heavy atom. The van der Waals surface area contributed by atoms with Crippen molar-refractivity contribution >= 4 is 11.9 Å². The molecular weight excluding hydrogens is 544 g/mol. The van der Waals surface area contributed by atoms with Crippen molar-refractivity contribution < 1.29 is 19.7 Å². The van der Waals surface area contributed by atoms with Gasteiger partial charge < -0.3 is 14.9 Å². The zero-order chi connectivity index (χ0) is 32.1. The number of phenols is 1. The fourth-order valence-corrected chi connectivity index (χ4v) is 13.0. The van der Waals surface area contributed by atoms with Gasteiger partial charge in [0.2, 0.25) is 0 Å². The molecule has 6 rings (SSSR count). The van der Waals surface area contributed by atoms with Gasteiger partial charge in [0.05, 0.1) is 7.11 Å². The second-order valence-electron chi connectivity index (χ2n) is 17.6. The molecule has 242 valence electrons. The SMILES string of the molecule is C=C(C)[C@@H]1CC[C@]2(C)CC[C@]3(C)[C@H](CC[C@@H]4[C@@]5(C)CC[C@](O)(C(=O)C=Cc6ccc(O)c(OC)c6)C(C)(C)[C@@H]5CC[C@]43C)[C@@H]12. The summed E-state index contributed by atoms with van der Waals surface area (Å²) >= 11 is 0. The van der Waals surface area contributed by atoms with Crippen molar-refractivity contribution in [1.82, 2.24) is 0 Å². The van der Waals surface area contributed by atoms with E-state index in [9.17, 15) is 15.0 Å². The summed E-state index contributed by atoms with van der Waals surface area (Å²) in [7, 11) is 1.51. The molecule has 0 amide bonds. The summed E-state index contributed by atoms with van der Waals surface area (Å²) < 4.78 is 5.24. The molecule has 1 aromatic carbocycles. The first-order chi connectivity index (χ1) is 20.5. The van der Waals surface area contributed by atoms with Crippen molar-refractivity contribution in [3.63, 3.8) is 0 Å². The molecule has 4 nitrogen and oxygen atoms in total. The topological polar surface area (TPSA) is 66.8 Å². The lowest BCUT2D eigenvalue weighted by molar-refractivity contribution is -0.259. The van der Waals surface area contributed by atoms with Crippen LogP contribution >= 0.6 is 0 Å². The Kier molecular flexibility index (Phi) is 7.40. The molecule has 44 heavy (non-hydrogen) atoms. The van der Waals surface area contributed by atoms with Crippen molar-refractivity contribution in [3.8, 4) is 11.5 Å². The number of ketones is 1. The van der Waals surface area contributed by atoms with E-state index in [2.05, 4.69) is 55.0 Å². The first-order valence-corrected chi connectivity index (χ1v) is 17.5. The molecule has 5 aliphatic carbocycles. The predicted octanol–water partition coefficient (Wildman–Crippen LogP) is 9.39. The summed E-state index contributed by atoms with van der Waals surface area (Å²) in [5.74, 6) is 3.28. The first-order valence-electron chi connectivity index (χ1n) is 17.5. The molecule has 0 aliphatic heterocycles. The van der Waals surface area contributed by atoms with Crippen molar-refractivity contribution in [2.24, 2.45) is 56.7 Å². The van der Waals surface area contributed by atoms with Crippen LogP contribution in [0.5, 0.6) is 11.5 Å². The highest BCUT2D eigenvalue weighted by Gasteiger charge is 2.72. The van der Waals surface area contributed by atoms with Crippen LogP contribution in [0.3, 0.4) is 0 Å². The summed E-state index contributed by atoms with van der Waals surface area (Å²) in [6, 6.07) is 5.04. The third-order valence-electron chi connectivity index (χ3n) is 15.8. The van der Waals surface area contributed by atoms with Gasteiger partial charge in [0.1, 0.15) is 5.60 Å². The minimum atomic E-state index is -1.41. The number of ether oxygens (including phenoxy) is 1. The number of hydrogen-bond acceptors (Lipinski definition) is 4. The van der Waals surface area contributed by atoms with E-state index in [-0.39, 0.29) is 28.3 Å². The summed E-state index contributed by atoms with van der Waals surface area (Å²) in [4.78, 5) is 13.9. The summed E-state index contributed by atoms with van der Waals surface area (Å²) in [6.45, 7) is 21.6. The number of carbonyl (C=O) groups is 1. The molecule has 0 bridgehead atoms. The number of hydrogen-bond donors (Lipinski definition) is 2. The second-order valence-corrected chi connectivity index (χ2v) is 17.6. The maximum atomic E-state index is 13.9. The van der Waals surface area contributed by atoms with Crippen LogP contribution in [-0.2, 0) is 4.79 Å². The van der Waals surface area contributed by atoms with Gasteiger partial charge in [0.15, 0.2) is 17.3 Å². The average Bonchev–Trinajstić information content (AvgIpc) is 3.33. The Hall–Kier alpha value is -2.07. The highest BCUT2D eigenvalue weighted by molar-refractivity contribution is 6.00. The van der Waals surface area contributed by atoms with Crippen molar-refractivity contribution in [2.45, 2.75) is 118 Å². The number of aliphatic hydroxyl groups is 1. The van der Waals surface area contributed by atoms with E-state index < -0.39 is 11.0 Å². The van der Waals surface area contributed by atoms with Crippen LogP contribution in [0.4, 0.5) is 0 Å². The van der Waals surface area contributed by atoms with E-state index >= 15 is 0 Å². The van der Waals surface area contributed by atoms with E-state index in [0.717, 1.165) is 30.2 Å². The highest BCUT2D eigenvalue weighted by Crippen LogP contribution is 2.78. The monoisotopic (exact) mass is 602 g/mol. The largest absolute Gasteiger partial charge is 0.504 e. The van der Waals surface area contributed by atoms with Gasteiger partial charge in [-0.1, -0.05) is 65.8 Å². The van der Waals surface area contributed by atoms with E-state index in [4.69, 9.17) is 4.74 Å². The maximum Gasteiger partial charge on any atom is 0.187 e. The Labute approximate surface area is 266 Å². The number of phenolic OH excluding ortho intramolecular Hbond substituents is 1. The fourth-order valence-electron chi connectivity index (χ4n) is 13.0.